The van der Waals surface area contributed by atoms with Crippen LogP contribution in [0.5, 0.6) is 5.75 Å². The average Bonchev–Trinajstić information content (AvgIpc) is 2.79. The lowest BCUT2D eigenvalue weighted by atomic mass is 10.2. The van der Waals surface area contributed by atoms with Gasteiger partial charge in [0.25, 0.3) is 5.56 Å². The van der Waals surface area contributed by atoms with Crippen LogP contribution in [0.1, 0.15) is 25.3 Å². The molecule has 0 radical (unpaired) electrons. The minimum absolute atomic E-state index is 0.0575. The van der Waals surface area contributed by atoms with Crippen molar-refractivity contribution in [3.05, 3.63) is 39.5 Å². The molecule has 31 heavy (non-hydrogen) atoms. The Morgan fingerprint density at radius 2 is 1.94 bits per heavy atom. The average molecular weight is 451 g/mol. The highest BCUT2D eigenvalue weighted by atomic mass is 35.5. The molecule has 0 unspecified atom stereocenters. The molecule has 11 heteroatoms. The normalized spacial score (nSPS) is 15.1. The number of ether oxygens (including phenoxy) is 2. The predicted octanol–water partition coefficient (Wildman–Crippen LogP) is 1.43. The molecule has 3 rings (SSSR count). The zero-order chi connectivity index (χ0) is 22.2. The topological polar surface area (TPSA) is 114 Å². The molecule has 0 spiro atoms. The molecule has 168 valence electrons. The van der Waals surface area contributed by atoms with Crippen LogP contribution in [0, 0.1) is 6.92 Å². The molecule has 1 saturated heterocycles. The first-order chi connectivity index (χ1) is 15.0. The zero-order valence-electron chi connectivity index (χ0n) is 17.7. The summed E-state index contributed by atoms with van der Waals surface area (Å²) in [6.07, 6.45) is 5.47. The van der Waals surface area contributed by atoms with E-state index in [0.29, 0.717) is 61.5 Å². The fourth-order valence-electron chi connectivity index (χ4n) is 3.15. The van der Waals surface area contributed by atoms with E-state index >= 15 is 0 Å². The molecule has 2 aromatic rings. The number of carbonyl (C=O) groups excluding carboxylic acids is 1. The number of H-pyrrole nitrogens is 1. The molecule has 10 nitrogen and oxygen atoms in total. The van der Waals surface area contributed by atoms with Gasteiger partial charge in [0.15, 0.2) is 0 Å². The first-order valence-electron chi connectivity index (χ1n) is 10.3. The fourth-order valence-corrected chi connectivity index (χ4v) is 3.25. The molecule has 1 atom stereocenters. The van der Waals surface area contributed by atoms with Crippen LogP contribution in [0.4, 0.5) is 5.95 Å². The van der Waals surface area contributed by atoms with Crippen LogP contribution in [0.25, 0.3) is 0 Å². The second kappa shape index (κ2) is 11.1. The smallest absolute Gasteiger partial charge is 0.270 e. The highest BCUT2D eigenvalue weighted by molar-refractivity contribution is 6.30. The molecule has 1 fully saturated rings. The van der Waals surface area contributed by atoms with Crippen LogP contribution in [0.15, 0.2) is 23.4 Å². The number of halogens is 1. The van der Waals surface area contributed by atoms with Gasteiger partial charge in [0.05, 0.1) is 48.3 Å². The van der Waals surface area contributed by atoms with Gasteiger partial charge in [0.2, 0.25) is 11.9 Å². The lowest BCUT2D eigenvalue weighted by Gasteiger charge is -2.34. The van der Waals surface area contributed by atoms with Crippen molar-refractivity contribution in [2.24, 2.45) is 0 Å². The summed E-state index contributed by atoms with van der Waals surface area (Å²) in [5, 5.41) is 6.60. The molecular weight excluding hydrogens is 424 g/mol. The number of nitrogens with one attached hydrogen (secondary N) is 1. The molecule has 1 aliphatic heterocycles. The molecule has 1 N–H and O–H groups in total. The molecule has 1 aliphatic rings. The summed E-state index contributed by atoms with van der Waals surface area (Å²) in [6.45, 7) is 6.82. The molecule has 0 aliphatic carbocycles. The standard InChI is InChI=1S/C20H27ClN6O4/c1-3-16(13-31-17-12-24-25-19(29)14(17)2)30-9-4-18(28)26-5-7-27(8-6-26)20-22-10-15(21)11-23-20/h10-12,16H,3-9,13H2,1-2H3,(H,25,29)/t16-/m0/s1. The Bertz CT molecular complexity index is 915. The van der Waals surface area contributed by atoms with Crippen LogP contribution in [-0.2, 0) is 9.53 Å². The number of piperazine rings is 1. The number of aromatic nitrogens is 4. The van der Waals surface area contributed by atoms with E-state index < -0.39 is 0 Å². The third kappa shape index (κ3) is 6.38. The van der Waals surface area contributed by atoms with E-state index in [0.717, 1.165) is 6.42 Å². The molecule has 2 aromatic heterocycles. The van der Waals surface area contributed by atoms with Crippen molar-refractivity contribution in [3.8, 4) is 5.75 Å². The van der Waals surface area contributed by atoms with Crippen LogP contribution >= 0.6 is 11.6 Å². The number of hydrogen-bond acceptors (Lipinski definition) is 8. The summed E-state index contributed by atoms with van der Waals surface area (Å²) >= 11 is 5.83. The highest BCUT2D eigenvalue weighted by Gasteiger charge is 2.22. The molecule has 0 aromatic carbocycles. The summed E-state index contributed by atoms with van der Waals surface area (Å²) in [4.78, 5) is 36.4. The maximum Gasteiger partial charge on any atom is 0.270 e. The van der Waals surface area contributed by atoms with E-state index in [2.05, 4.69) is 20.2 Å². The summed E-state index contributed by atoms with van der Waals surface area (Å²) in [5.41, 5.74) is 0.197. The first kappa shape index (κ1) is 23.0. The number of hydrogen-bond donors (Lipinski definition) is 1. The van der Waals surface area contributed by atoms with Gasteiger partial charge in [-0.2, -0.15) is 5.10 Å². The van der Waals surface area contributed by atoms with Gasteiger partial charge in [-0.05, 0) is 13.3 Å². The quantitative estimate of drug-likeness (QED) is 0.610. The molecule has 0 saturated carbocycles. The van der Waals surface area contributed by atoms with E-state index in [1.54, 1.807) is 19.3 Å². The van der Waals surface area contributed by atoms with E-state index in [1.165, 1.54) is 6.20 Å². The van der Waals surface area contributed by atoms with E-state index in [4.69, 9.17) is 21.1 Å². The van der Waals surface area contributed by atoms with Crippen molar-refractivity contribution in [1.82, 2.24) is 25.1 Å². The van der Waals surface area contributed by atoms with Crippen molar-refractivity contribution < 1.29 is 14.3 Å². The lowest BCUT2D eigenvalue weighted by Crippen LogP contribution is -2.49. The minimum atomic E-state index is -0.278. The summed E-state index contributed by atoms with van der Waals surface area (Å²) in [5.74, 6) is 1.11. The van der Waals surface area contributed by atoms with E-state index in [9.17, 15) is 9.59 Å². The number of aromatic amines is 1. The monoisotopic (exact) mass is 450 g/mol. The summed E-state index contributed by atoms with van der Waals surface area (Å²) < 4.78 is 11.5. The summed E-state index contributed by atoms with van der Waals surface area (Å²) in [7, 11) is 0. The van der Waals surface area contributed by atoms with E-state index in [-0.39, 0.29) is 24.2 Å². The van der Waals surface area contributed by atoms with Crippen LogP contribution in [0.2, 0.25) is 5.02 Å². The molecular formula is C20H27ClN6O4. The Labute approximate surface area is 185 Å². The number of amides is 1. The van der Waals surface area contributed by atoms with Gasteiger partial charge in [0, 0.05) is 26.2 Å². The van der Waals surface area contributed by atoms with Crippen molar-refractivity contribution in [2.45, 2.75) is 32.8 Å². The summed E-state index contributed by atoms with van der Waals surface area (Å²) in [6, 6.07) is 0. The second-order valence-corrected chi connectivity index (χ2v) is 7.66. The Morgan fingerprint density at radius 1 is 1.23 bits per heavy atom. The van der Waals surface area contributed by atoms with Crippen LogP contribution in [-0.4, -0.2) is 76.5 Å². The number of nitrogens with zero attached hydrogens (tertiary/aromatic N) is 5. The lowest BCUT2D eigenvalue weighted by molar-refractivity contribution is -0.133. The third-order valence-corrected chi connectivity index (χ3v) is 5.32. The predicted molar refractivity (Wildman–Crippen MR) is 116 cm³/mol. The third-order valence-electron chi connectivity index (χ3n) is 5.13. The van der Waals surface area contributed by atoms with Crippen molar-refractivity contribution in [2.75, 3.05) is 44.3 Å². The van der Waals surface area contributed by atoms with Crippen molar-refractivity contribution in [3.63, 3.8) is 0 Å². The number of carbonyl (C=O) groups is 1. The van der Waals surface area contributed by atoms with Gasteiger partial charge >= 0.3 is 0 Å². The number of rotatable bonds is 9. The molecule has 3 heterocycles. The largest absolute Gasteiger partial charge is 0.489 e. The van der Waals surface area contributed by atoms with Crippen LogP contribution < -0.4 is 15.2 Å². The van der Waals surface area contributed by atoms with Gasteiger partial charge in [0.1, 0.15) is 12.4 Å². The maximum atomic E-state index is 12.5. The molecule has 1 amide bonds. The second-order valence-electron chi connectivity index (χ2n) is 7.22. The van der Waals surface area contributed by atoms with Gasteiger partial charge in [-0.15, -0.1) is 0 Å². The number of anilines is 1. The first-order valence-corrected chi connectivity index (χ1v) is 10.6. The van der Waals surface area contributed by atoms with Gasteiger partial charge in [-0.1, -0.05) is 18.5 Å². The Kier molecular flexibility index (Phi) is 8.19. The fraction of sp³-hybridized carbons (Fsp3) is 0.550. The Morgan fingerprint density at radius 3 is 2.61 bits per heavy atom. The van der Waals surface area contributed by atoms with Crippen molar-refractivity contribution in [1.29, 1.82) is 0 Å². The van der Waals surface area contributed by atoms with Gasteiger partial charge in [-0.3, -0.25) is 9.59 Å². The van der Waals surface area contributed by atoms with E-state index in [1.807, 2.05) is 16.7 Å². The Hall–Kier alpha value is -2.72. The highest BCUT2D eigenvalue weighted by Crippen LogP contribution is 2.14. The zero-order valence-corrected chi connectivity index (χ0v) is 18.5. The Balaban J connectivity index is 1.38. The SMILES string of the molecule is CC[C@@H](COc1cn[nH]c(=O)c1C)OCCC(=O)N1CCN(c2ncc(Cl)cn2)CC1. The van der Waals surface area contributed by atoms with Gasteiger partial charge in [-0.25, -0.2) is 15.1 Å². The van der Waals surface area contributed by atoms with Crippen molar-refractivity contribution >= 4 is 23.5 Å². The maximum absolute atomic E-state index is 12.5. The minimum Gasteiger partial charge on any atom is -0.489 e. The molecule has 0 bridgehead atoms. The van der Waals surface area contributed by atoms with Crippen LogP contribution in [0.3, 0.4) is 0 Å². The van der Waals surface area contributed by atoms with Gasteiger partial charge < -0.3 is 19.3 Å².